The minimum absolute atomic E-state index is 0.0256. The van der Waals surface area contributed by atoms with E-state index in [1.54, 1.807) is 0 Å². The fourth-order valence-corrected chi connectivity index (χ4v) is 4.65. The van der Waals surface area contributed by atoms with Gasteiger partial charge in [-0.3, -0.25) is 9.79 Å². The number of thioether (sulfide) groups is 1. The number of piperidine rings is 1. The van der Waals surface area contributed by atoms with Crippen molar-refractivity contribution in [3.8, 4) is 0 Å². The first kappa shape index (κ1) is 21.6. The van der Waals surface area contributed by atoms with Crippen molar-refractivity contribution >= 4 is 34.1 Å². The molecule has 5 nitrogen and oxygen atoms in total. The number of hydrogen-bond donors (Lipinski definition) is 1. The first-order valence-electron chi connectivity index (χ1n) is 10.3. The maximum Gasteiger partial charge on any atom is 0.234 e. The fraction of sp³-hybridized carbons (Fsp3) is 0.348. The van der Waals surface area contributed by atoms with Gasteiger partial charge >= 0.3 is 0 Å². The number of benzene rings is 2. The maximum atomic E-state index is 13.8. The summed E-state index contributed by atoms with van der Waals surface area (Å²) in [6.07, 6.45) is 1.67. The van der Waals surface area contributed by atoms with Gasteiger partial charge in [0.15, 0.2) is 5.66 Å². The molecule has 1 spiro atoms. The first-order valence-corrected chi connectivity index (χ1v) is 11.3. The summed E-state index contributed by atoms with van der Waals surface area (Å²) in [5.74, 6) is -1.68. The Labute approximate surface area is 184 Å². The SMILES string of the molecule is CCN1CCC2(CC1)N=C(SCC(=O)Nc1cc(F)ccc1F)C(c1ccccc1)=N2. The molecule has 162 valence electrons. The van der Waals surface area contributed by atoms with Gasteiger partial charge in [0.2, 0.25) is 5.91 Å². The minimum atomic E-state index is -0.675. The van der Waals surface area contributed by atoms with Crippen molar-refractivity contribution in [1.82, 2.24) is 4.90 Å². The van der Waals surface area contributed by atoms with E-state index in [2.05, 4.69) is 17.1 Å². The van der Waals surface area contributed by atoms with Gasteiger partial charge < -0.3 is 10.2 Å². The number of nitrogens with zero attached hydrogens (tertiary/aromatic N) is 3. The highest BCUT2D eigenvalue weighted by atomic mass is 32.2. The van der Waals surface area contributed by atoms with Gasteiger partial charge in [0.05, 0.1) is 17.2 Å². The molecule has 31 heavy (non-hydrogen) atoms. The molecular weight excluding hydrogens is 418 g/mol. The summed E-state index contributed by atoms with van der Waals surface area (Å²) in [5.41, 5.74) is 1.10. The third-order valence-electron chi connectivity index (χ3n) is 5.53. The van der Waals surface area contributed by atoms with E-state index in [4.69, 9.17) is 9.98 Å². The third kappa shape index (κ3) is 5.02. The van der Waals surface area contributed by atoms with Crippen LogP contribution in [0.3, 0.4) is 0 Å². The van der Waals surface area contributed by atoms with Crippen LogP contribution in [0.4, 0.5) is 14.5 Å². The van der Waals surface area contributed by atoms with Crippen LogP contribution in [0.2, 0.25) is 0 Å². The van der Waals surface area contributed by atoms with Crippen molar-refractivity contribution in [3.63, 3.8) is 0 Å². The lowest BCUT2D eigenvalue weighted by Crippen LogP contribution is -2.41. The highest BCUT2D eigenvalue weighted by molar-refractivity contribution is 8.16. The number of likely N-dealkylation sites (tertiary alicyclic amines) is 1. The van der Waals surface area contributed by atoms with Crippen molar-refractivity contribution in [3.05, 3.63) is 65.7 Å². The highest BCUT2D eigenvalue weighted by Crippen LogP contribution is 2.35. The molecule has 0 bridgehead atoms. The van der Waals surface area contributed by atoms with E-state index < -0.39 is 23.2 Å². The topological polar surface area (TPSA) is 57.1 Å². The van der Waals surface area contributed by atoms with Gasteiger partial charge in [-0.2, -0.15) is 0 Å². The van der Waals surface area contributed by atoms with Crippen LogP contribution in [0, 0.1) is 11.6 Å². The van der Waals surface area contributed by atoms with E-state index in [-0.39, 0.29) is 11.4 Å². The molecule has 1 N–H and O–H groups in total. The summed E-state index contributed by atoms with van der Waals surface area (Å²) >= 11 is 1.28. The largest absolute Gasteiger partial charge is 0.323 e. The molecule has 2 aromatic carbocycles. The Morgan fingerprint density at radius 2 is 1.87 bits per heavy atom. The van der Waals surface area contributed by atoms with Crippen LogP contribution < -0.4 is 5.32 Å². The Bertz CT molecular complexity index is 1020. The highest BCUT2D eigenvalue weighted by Gasteiger charge is 2.39. The number of aliphatic imine (C=N–C) groups is 2. The molecule has 2 heterocycles. The predicted molar refractivity (Wildman–Crippen MR) is 122 cm³/mol. The molecule has 1 amide bonds. The molecule has 2 aliphatic heterocycles. The molecule has 0 unspecified atom stereocenters. The lowest BCUT2D eigenvalue weighted by atomic mass is 9.98. The molecule has 1 saturated heterocycles. The average molecular weight is 443 g/mol. The Hall–Kier alpha value is -2.58. The van der Waals surface area contributed by atoms with Crippen molar-refractivity contribution in [2.45, 2.75) is 25.4 Å². The number of carbonyl (C=O) groups is 1. The standard InChI is InChI=1S/C23H24F2N4OS/c1-2-29-12-10-23(11-13-29)27-21(16-6-4-3-5-7-16)22(28-23)31-15-20(30)26-19-14-17(24)8-9-18(19)25/h3-9,14H,2,10-13,15H2,1H3,(H,26,30). The van der Waals surface area contributed by atoms with Crippen LogP contribution in [0.25, 0.3) is 0 Å². The number of halogens is 2. The van der Waals surface area contributed by atoms with E-state index in [1.807, 2.05) is 30.3 Å². The summed E-state index contributed by atoms with van der Waals surface area (Å²) in [5, 5.41) is 3.15. The lowest BCUT2D eigenvalue weighted by Gasteiger charge is -2.34. The van der Waals surface area contributed by atoms with Crippen LogP contribution in [0.5, 0.6) is 0 Å². The van der Waals surface area contributed by atoms with Gasteiger partial charge in [-0.05, 0) is 18.7 Å². The molecule has 0 aromatic heterocycles. The zero-order valence-corrected chi connectivity index (χ0v) is 18.1. The number of amides is 1. The number of hydrogen-bond acceptors (Lipinski definition) is 5. The smallest absolute Gasteiger partial charge is 0.234 e. The molecule has 4 rings (SSSR count). The van der Waals surface area contributed by atoms with Crippen molar-refractivity contribution in [1.29, 1.82) is 0 Å². The third-order valence-corrected chi connectivity index (χ3v) is 6.49. The zero-order valence-electron chi connectivity index (χ0n) is 17.3. The molecule has 1 fully saturated rings. The normalized spacial score (nSPS) is 18.0. The number of anilines is 1. The van der Waals surface area contributed by atoms with E-state index in [0.717, 1.165) is 62.0 Å². The Morgan fingerprint density at radius 3 is 2.58 bits per heavy atom. The first-order chi connectivity index (χ1) is 15.0. The monoisotopic (exact) mass is 442 g/mol. The summed E-state index contributed by atoms with van der Waals surface area (Å²) < 4.78 is 27.2. The molecule has 0 radical (unpaired) electrons. The average Bonchev–Trinajstić information content (AvgIpc) is 3.14. The summed E-state index contributed by atoms with van der Waals surface area (Å²) in [6, 6.07) is 12.8. The van der Waals surface area contributed by atoms with Gasteiger partial charge in [0.1, 0.15) is 16.7 Å². The summed E-state index contributed by atoms with van der Waals surface area (Å²) in [6.45, 7) is 5.02. The molecule has 0 saturated carbocycles. The van der Waals surface area contributed by atoms with Crippen LogP contribution in [-0.2, 0) is 4.79 Å². The molecule has 0 atom stereocenters. The Balaban J connectivity index is 1.50. The van der Waals surface area contributed by atoms with E-state index in [0.29, 0.717) is 5.04 Å². The van der Waals surface area contributed by atoms with Gasteiger partial charge in [-0.15, -0.1) is 0 Å². The van der Waals surface area contributed by atoms with Crippen LogP contribution in [0.15, 0.2) is 58.5 Å². The van der Waals surface area contributed by atoms with Crippen LogP contribution >= 0.6 is 11.8 Å². The van der Waals surface area contributed by atoms with E-state index in [1.165, 1.54) is 11.8 Å². The maximum absolute atomic E-state index is 13.8. The molecule has 0 aliphatic carbocycles. The molecule has 2 aliphatic rings. The second-order valence-corrected chi connectivity index (χ2v) is 8.59. The number of carbonyl (C=O) groups excluding carboxylic acids is 1. The van der Waals surface area contributed by atoms with Crippen LogP contribution in [0.1, 0.15) is 25.3 Å². The quantitative estimate of drug-likeness (QED) is 0.749. The second kappa shape index (κ2) is 9.28. The summed E-state index contributed by atoms with van der Waals surface area (Å²) in [4.78, 5) is 24.7. The predicted octanol–water partition coefficient (Wildman–Crippen LogP) is 4.35. The van der Waals surface area contributed by atoms with E-state index in [9.17, 15) is 13.6 Å². The van der Waals surface area contributed by atoms with Crippen LogP contribution in [-0.4, -0.2) is 52.6 Å². The van der Waals surface area contributed by atoms with Gasteiger partial charge in [-0.25, -0.2) is 13.8 Å². The van der Waals surface area contributed by atoms with Crippen molar-refractivity contribution < 1.29 is 13.6 Å². The van der Waals surface area contributed by atoms with Gasteiger partial charge in [0.25, 0.3) is 0 Å². The second-order valence-electron chi connectivity index (χ2n) is 7.62. The number of nitrogens with one attached hydrogen (secondary N) is 1. The Kier molecular flexibility index (Phi) is 6.48. The van der Waals surface area contributed by atoms with Gasteiger partial charge in [-0.1, -0.05) is 49.0 Å². The van der Waals surface area contributed by atoms with Crippen molar-refractivity contribution in [2.75, 3.05) is 30.7 Å². The van der Waals surface area contributed by atoms with E-state index >= 15 is 0 Å². The number of rotatable bonds is 5. The Morgan fingerprint density at radius 1 is 1.13 bits per heavy atom. The minimum Gasteiger partial charge on any atom is -0.323 e. The lowest BCUT2D eigenvalue weighted by molar-refractivity contribution is -0.113. The van der Waals surface area contributed by atoms with Gasteiger partial charge in [0, 0.05) is 37.6 Å². The zero-order chi connectivity index (χ0) is 21.8. The molecule has 2 aromatic rings. The summed E-state index contributed by atoms with van der Waals surface area (Å²) in [7, 11) is 0. The fourth-order valence-electron chi connectivity index (χ4n) is 3.77. The molecular formula is C23H24F2N4OS. The van der Waals surface area contributed by atoms with Crippen molar-refractivity contribution in [2.24, 2.45) is 9.98 Å². The molecule has 8 heteroatoms.